The maximum Gasteiger partial charge on any atom is 0.341 e. The van der Waals surface area contributed by atoms with E-state index in [4.69, 9.17) is 14.6 Å². The van der Waals surface area contributed by atoms with Gasteiger partial charge in [0, 0.05) is 5.56 Å². The maximum absolute atomic E-state index is 12.3. The molecule has 0 fully saturated rings. The van der Waals surface area contributed by atoms with Crippen LogP contribution in [0.1, 0.15) is 26.3 Å². The minimum Gasteiger partial charge on any atom is -0.493 e. The van der Waals surface area contributed by atoms with Crippen molar-refractivity contribution >= 4 is 23.8 Å². The van der Waals surface area contributed by atoms with E-state index >= 15 is 0 Å². The van der Waals surface area contributed by atoms with Crippen LogP contribution < -0.4 is 9.47 Å². The second kappa shape index (κ2) is 9.19. The minimum absolute atomic E-state index is 0.235. The Morgan fingerprint density at radius 3 is 2.22 bits per heavy atom. The Balaban J connectivity index is 2.11. The Bertz CT molecular complexity index is 866. The lowest BCUT2D eigenvalue weighted by molar-refractivity contribution is -0.139. The molecule has 0 heterocycles. The number of carbonyl (C=O) groups is 3. The van der Waals surface area contributed by atoms with Crippen molar-refractivity contribution in [3.8, 4) is 11.5 Å². The number of methoxy groups -OCH3 is 2. The quantitative estimate of drug-likeness (QED) is 0.433. The molecule has 27 heavy (non-hydrogen) atoms. The molecule has 7 heteroatoms. The molecule has 0 spiro atoms. The number of hydrogen-bond donors (Lipinski definition) is 1. The SMILES string of the molecule is COC(=O)c1ccc(/C=C/C(=O)c2ccc(OCC(=O)O)c(OC)c2)cc1. The number of hydrogen-bond acceptors (Lipinski definition) is 6. The van der Waals surface area contributed by atoms with E-state index in [2.05, 4.69) is 4.74 Å². The van der Waals surface area contributed by atoms with E-state index in [1.807, 2.05) is 0 Å². The van der Waals surface area contributed by atoms with Crippen LogP contribution in [0, 0.1) is 0 Å². The van der Waals surface area contributed by atoms with Gasteiger partial charge in [-0.1, -0.05) is 18.2 Å². The lowest BCUT2D eigenvalue weighted by atomic mass is 10.1. The average molecular weight is 370 g/mol. The van der Waals surface area contributed by atoms with Crippen LogP contribution >= 0.6 is 0 Å². The van der Waals surface area contributed by atoms with E-state index < -0.39 is 18.5 Å². The first kappa shape index (κ1) is 19.7. The van der Waals surface area contributed by atoms with Crippen molar-refractivity contribution in [3.63, 3.8) is 0 Å². The number of esters is 1. The molecule has 0 aromatic heterocycles. The van der Waals surface area contributed by atoms with Crippen LogP contribution in [0.3, 0.4) is 0 Å². The number of carboxylic acid groups (broad SMARTS) is 1. The number of allylic oxidation sites excluding steroid dienone is 1. The predicted octanol–water partition coefficient (Wildman–Crippen LogP) is 2.84. The summed E-state index contributed by atoms with van der Waals surface area (Å²) in [5, 5.41) is 8.67. The topological polar surface area (TPSA) is 99.1 Å². The van der Waals surface area contributed by atoms with Crippen molar-refractivity contribution in [3.05, 3.63) is 65.2 Å². The maximum atomic E-state index is 12.3. The molecule has 0 aliphatic rings. The largest absolute Gasteiger partial charge is 0.493 e. The molecule has 2 aromatic rings. The number of rotatable bonds is 8. The summed E-state index contributed by atoms with van der Waals surface area (Å²) in [5.41, 5.74) is 1.52. The molecule has 0 saturated heterocycles. The first-order valence-corrected chi connectivity index (χ1v) is 7.88. The Morgan fingerprint density at radius 2 is 1.63 bits per heavy atom. The van der Waals surface area contributed by atoms with Gasteiger partial charge in [0.25, 0.3) is 0 Å². The van der Waals surface area contributed by atoms with Crippen LogP contribution in [-0.2, 0) is 9.53 Å². The van der Waals surface area contributed by atoms with Gasteiger partial charge >= 0.3 is 11.9 Å². The number of aliphatic carboxylic acids is 1. The molecule has 0 aliphatic carbocycles. The standard InChI is InChI=1S/C20H18O7/c1-25-18-11-15(8-10-17(18)27-12-19(22)23)16(21)9-5-13-3-6-14(7-4-13)20(24)26-2/h3-11H,12H2,1-2H3,(H,22,23)/b9-5+. The normalized spacial score (nSPS) is 10.4. The van der Waals surface area contributed by atoms with Gasteiger partial charge in [0.1, 0.15) is 0 Å². The number of ether oxygens (including phenoxy) is 3. The predicted molar refractivity (Wildman–Crippen MR) is 97.3 cm³/mol. The van der Waals surface area contributed by atoms with Gasteiger partial charge in [0.05, 0.1) is 19.8 Å². The van der Waals surface area contributed by atoms with Crippen molar-refractivity contribution in [2.45, 2.75) is 0 Å². The van der Waals surface area contributed by atoms with E-state index in [-0.39, 0.29) is 17.3 Å². The molecule has 0 bridgehead atoms. The van der Waals surface area contributed by atoms with Gasteiger partial charge < -0.3 is 19.3 Å². The van der Waals surface area contributed by atoms with Crippen LogP contribution in [0.25, 0.3) is 6.08 Å². The minimum atomic E-state index is -1.11. The van der Waals surface area contributed by atoms with Crippen LogP contribution in [-0.4, -0.2) is 43.7 Å². The highest BCUT2D eigenvalue weighted by Crippen LogP contribution is 2.28. The summed E-state index contributed by atoms with van der Waals surface area (Å²) in [6.07, 6.45) is 3.00. The summed E-state index contributed by atoms with van der Waals surface area (Å²) < 4.78 is 14.9. The third-order valence-corrected chi connectivity index (χ3v) is 3.56. The van der Waals surface area contributed by atoms with E-state index in [1.165, 1.54) is 38.5 Å². The van der Waals surface area contributed by atoms with Crippen molar-refractivity contribution in [1.82, 2.24) is 0 Å². The fraction of sp³-hybridized carbons (Fsp3) is 0.150. The van der Waals surface area contributed by atoms with Gasteiger partial charge in [-0.05, 0) is 42.0 Å². The van der Waals surface area contributed by atoms with Crippen molar-refractivity contribution in [1.29, 1.82) is 0 Å². The molecule has 2 aromatic carbocycles. The number of carbonyl (C=O) groups excluding carboxylic acids is 2. The smallest absolute Gasteiger partial charge is 0.341 e. The molecule has 0 amide bonds. The zero-order valence-electron chi connectivity index (χ0n) is 14.8. The molecule has 2 rings (SSSR count). The summed E-state index contributed by atoms with van der Waals surface area (Å²) >= 11 is 0. The van der Waals surface area contributed by atoms with E-state index in [1.54, 1.807) is 30.3 Å². The highest BCUT2D eigenvalue weighted by atomic mass is 16.5. The van der Waals surface area contributed by atoms with Gasteiger partial charge in [-0.2, -0.15) is 0 Å². The van der Waals surface area contributed by atoms with E-state index in [9.17, 15) is 14.4 Å². The molecule has 0 unspecified atom stereocenters. The van der Waals surface area contributed by atoms with Crippen LogP contribution in [0.4, 0.5) is 0 Å². The van der Waals surface area contributed by atoms with Crippen molar-refractivity contribution < 1.29 is 33.7 Å². The van der Waals surface area contributed by atoms with Gasteiger partial charge in [-0.15, -0.1) is 0 Å². The van der Waals surface area contributed by atoms with Gasteiger partial charge in [0.15, 0.2) is 23.9 Å². The molecular weight excluding hydrogens is 352 g/mol. The van der Waals surface area contributed by atoms with Crippen LogP contribution in [0.5, 0.6) is 11.5 Å². The first-order valence-electron chi connectivity index (χ1n) is 7.88. The number of ketones is 1. The van der Waals surface area contributed by atoms with Crippen LogP contribution in [0.2, 0.25) is 0 Å². The number of benzene rings is 2. The second-order valence-corrected chi connectivity index (χ2v) is 5.36. The van der Waals surface area contributed by atoms with E-state index in [0.29, 0.717) is 11.1 Å². The van der Waals surface area contributed by atoms with Gasteiger partial charge in [-0.3, -0.25) is 4.79 Å². The third-order valence-electron chi connectivity index (χ3n) is 3.56. The summed E-state index contributed by atoms with van der Waals surface area (Å²) in [7, 11) is 2.71. The molecule has 7 nitrogen and oxygen atoms in total. The van der Waals surface area contributed by atoms with Crippen molar-refractivity contribution in [2.75, 3.05) is 20.8 Å². The highest BCUT2D eigenvalue weighted by molar-refractivity contribution is 6.07. The fourth-order valence-corrected chi connectivity index (χ4v) is 2.20. The molecule has 140 valence electrons. The van der Waals surface area contributed by atoms with Crippen molar-refractivity contribution in [2.24, 2.45) is 0 Å². The van der Waals surface area contributed by atoms with Crippen LogP contribution in [0.15, 0.2) is 48.5 Å². The lowest BCUT2D eigenvalue weighted by Gasteiger charge is -2.09. The monoisotopic (exact) mass is 370 g/mol. The first-order chi connectivity index (χ1) is 12.9. The molecule has 0 atom stereocenters. The molecular formula is C20H18O7. The lowest BCUT2D eigenvalue weighted by Crippen LogP contribution is -2.10. The van der Waals surface area contributed by atoms with Gasteiger partial charge in [0.2, 0.25) is 0 Å². The summed E-state index contributed by atoms with van der Waals surface area (Å²) in [4.78, 5) is 34.3. The molecule has 1 N–H and O–H groups in total. The molecule has 0 aliphatic heterocycles. The summed E-state index contributed by atoms with van der Waals surface area (Å²) in [6, 6.07) is 11.1. The highest BCUT2D eigenvalue weighted by Gasteiger charge is 2.11. The zero-order chi connectivity index (χ0) is 19.8. The summed E-state index contributed by atoms with van der Waals surface area (Å²) in [6.45, 7) is -0.509. The zero-order valence-corrected chi connectivity index (χ0v) is 14.8. The molecule has 0 saturated carbocycles. The Morgan fingerprint density at radius 1 is 0.963 bits per heavy atom. The molecule has 0 radical (unpaired) electrons. The van der Waals surface area contributed by atoms with E-state index in [0.717, 1.165) is 5.56 Å². The average Bonchev–Trinajstić information content (AvgIpc) is 2.69. The Hall–Kier alpha value is -3.61. The fourth-order valence-electron chi connectivity index (χ4n) is 2.20. The summed E-state index contributed by atoms with van der Waals surface area (Å²) in [5.74, 6) is -1.32. The number of carboxylic acids is 1. The second-order valence-electron chi connectivity index (χ2n) is 5.36. The third kappa shape index (κ3) is 5.43. The van der Waals surface area contributed by atoms with Gasteiger partial charge in [-0.25, -0.2) is 9.59 Å². The Kier molecular flexibility index (Phi) is 6.71. The Labute approximate surface area is 155 Å².